The number of hydrogen-bond donors (Lipinski definition) is 2. The molecule has 6 nitrogen and oxygen atoms in total. The number of hydrogen-bond acceptors (Lipinski definition) is 3. The van der Waals surface area contributed by atoms with Crippen molar-refractivity contribution in [2.75, 3.05) is 25.1 Å². The Morgan fingerprint density at radius 3 is 2.95 bits per heavy atom. The first kappa shape index (κ1) is 15.8. The van der Waals surface area contributed by atoms with Gasteiger partial charge in [0.15, 0.2) is 0 Å². The maximum Gasteiger partial charge on any atom is 0.337 e. The molecule has 0 spiro atoms. The summed E-state index contributed by atoms with van der Waals surface area (Å²) in [5.41, 5.74) is 0.329. The van der Waals surface area contributed by atoms with E-state index in [1.807, 2.05) is 6.92 Å². The van der Waals surface area contributed by atoms with E-state index in [1.165, 1.54) is 6.07 Å². The second-order valence-electron chi connectivity index (χ2n) is 4.73. The zero-order valence-electron chi connectivity index (χ0n) is 11.6. The van der Waals surface area contributed by atoms with Gasteiger partial charge in [0.25, 0.3) is 0 Å². The summed E-state index contributed by atoms with van der Waals surface area (Å²) in [6, 6.07) is 4.47. The number of benzene rings is 1. The summed E-state index contributed by atoms with van der Waals surface area (Å²) in [6.45, 7) is 3.48. The van der Waals surface area contributed by atoms with Crippen molar-refractivity contribution in [2.45, 2.75) is 19.4 Å². The van der Waals surface area contributed by atoms with Gasteiger partial charge in [-0.1, -0.05) is 13.0 Å². The SMILES string of the molecule is CCC1COCCN1C(=O)Nc1c(Br)cccc1C(=O)O. The summed E-state index contributed by atoms with van der Waals surface area (Å²) < 4.78 is 5.90. The van der Waals surface area contributed by atoms with Gasteiger partial charge in [-0.25, -0.2) is 9.59 Å². The molecule has 2 amide bonds. The van der Waals surface area contributed by atoms with Crippen LogP contribution in [0.1, 0.15) is 23.7 Å². The molecule has 1 saturated heterocycles. The molecule has 1 heterocycles. The number of morpholine rings is 1. The fourth-order valence-corrected chi connectivity index (χ4v) is 2.73. The van der Waals surface area contributed by atoms with Crippen LogP contribution in [0.25, 0.3) is 0 Å². The fourth-order valence-electron chi connectivity index (χ4n) is 2.27. The van der Waals surface area contributed by atoms with Crippen LogP contribution in [-0.2, 0) is 4.74 Å². The van der Waals surface area contributed by atoms with Crippen molar-refractivity contribution in [3.8, 4) is 0 Å². The number of aromatic carboxylic acids is 1. The number of amides is 2. The Hall–Kier alpha value is -1.60. The van der Waals surface area contributed by atoms with Crippen molar-refractivity contribution in [3.05, 3.63) is 28.2 Å². The highest BCUT2D eigenvalue weighted by Crippen LogP contribution is 2.27. The van der Waals surface area contributed by atoms with Crippen LogP contribution in [0.15, 0.2) is 22.7 Å². The molecular formula is C14H17BrN2O4. The first-order valence-electron chi connectivity index (χ1n) is 6.71. The molecule has 0 bridgehead atoms. The van der Waals surface area contributed by atoms with Gasteiger partial charge in [-0.15, -0.1) is 0 Å². The topological polar surface area (TPSA) is 78.9 Å². The molecule has 0 radical (unpaired) electrons. The third-order valence-corrected chi connectivity index (χ3v) is 4.10. The molecule has 0 saturated carbocycles. The number of carboxylic acid groups (broad SMARTS) is 1. The zero-order valence-corrected chi connectivity index (χ0v) is 13.2. The molecule has 2 N–H and O–H groups in total. The molecule has 114 valence electrons. The van der Waals surface area contributed by atoms with Gasteiger partial charge >= 0.3 is 12.0 Å². The average molecular weight is 357 g/mol. The Morgan fingerprint density at radius 2 is 2.29 bits per heavy atom. The van der Waals surface area contributed by atoms with E-state index in [0.717, 1.165) is 6.42 Å². The Balaban J connectivity index is 2.21. The maximum absolute atomic E-state index is 12.4. The summed E-state index contributed by atoms with van der Waals surface area (Å²) >= 11 is 3.28. The first-order chi connectivity index (χ1) is 10.0. The van der Waals surface area contributed by atoms with Crippen molar-refractivity contribution in [1.29, 1.82) is 0 Å². The normalized spacial score (nSPS) is 18.4. The maximum atomic E-state index is 12.4. The number of halogens is 1. The van der Waals surface area contributed by atoms with Gasteiger partial charge in [-0.2, -0.15) is 0 Å². The lowest BCUT2D eigenvalue weighted by Crippen LogP contribution is -2.50. The molecule has 1 aliphatic heterocycles. The smallest absolute Gasteiger partial charge is 0.337 e. The number of para-hydroxylation sites is 1. The van der Waals surface area contributed by atoms with Gasteiger partial charge in [0.1, 0.15) is 0 Å². The van der Waals surface area contributed by atoms with E-state index in [-0.39, 0.29) is 23.3 Å². The monoisotopic (exact) mass is 356 g/mol. The molecule has 21 heavy (non-hydrogen) atoms. The lowest BCUT2D eigenvalue weighted by Gasteiger charge is -2.35. The predicted octanol–water partition coefficient (Wildman–Crippen LogP) is 2.79. The van der Waals surface area contributed by atoms with Gasteiger partial charge in [-0.3, -0.25) is 0 Å². The molecule has 1 aromatic carbocycles. The van der Waals surface area contributed by atoms with E-state index >= 15 is 0 Å². The van der Waals surface area contributed by atoms with Crippen LogP contribution in [0.2, 0.25) is 0 Å². The van der Waals surface area contributed by atoms with Gasteiger partial charge in [0.2, 0.25) is 0 Å². The number of carbonyl (C=O) groups is 2. The lowest BCUT2D eigenvalue weighted by molar-refractivity contribution is 0.0144. The zero-order chi connectivity index (χ0) is 15.4. The van der Waals surface area contributed by atoms with Crippen molar-refractivity contribution in [3.63, 3.8) is 0 Å². The average Bonchev–Trinajstić information content (AvgIpc) is 2.48. The van der Waals surface area contributed by atoms with Crippen LogP contribution < -0.4 is 5.32 Å². The summed E-state index contributed by atoms with van der Waals surface area (Å²) in [6.07, 6.45) is 0.787. The van der Waals surface area contributed by atoms with E-state index in [2.05, 4.69) is 21.2 Å². The van der Waals surface area contributed by atoms with Crippen molar-refractivity contribution in [1.82, 2.24) is 4.90 Å². The standard InChI is InChI=1S/C14H17BrN2O4/c1-2-9-8-21-7-6-17(9)14(20)16-12-10(13(18)19)4-3-5-11(12)15/h3-5,9H,2,6-8H2,1H3,(H,16,20)(H,18,19). The second-order valence-corrected chi connectivity index (χ2v) is 5.58. The summed E-state index contributed by atoms with van der Waals surface area (Å²) in [5, 5.41) is 11.9. The first-order valence-corrected chi connectivity index (χ1v) is 7.51. The number of carbonyl (C=O) groups excluding carboxylic acids is 1. The summed E-state index contributed by atoms with van der Waals surface area (Å²) in [5.74, 6) is -1.08. The number of urea groups is 1. The van der Waals surface area contributed by atoms with Crippen molar-refractivity contribution < 1.29 is 19.4 Å². The number of nitrogens with one attached hydrogen (secondary N) is 1. The minimum absolute atomic E-state index is 0.00881. The molecule has 1 atom stereocenters. The number of carboxylic acids is 1. The third-order valence-electron chi connectivity index (χ3n) is 3.44. The number of rotatable bonds is 3. The highest BCUT2D eigenvalue weighted by Gasteiger charge is 2.27. The Labute approximate surface area is 131 Å². The number of ether oxygens (including phenoxy) is 1. The Bertz CT molecular complexity index is 550. The Kier molecular flexibility index (Phi) is 5.19. The van der Waals surface area contributed by atoms with Crippen LogP contribution in [-0.4, -0.2) is 47.8 Å². The number of nitrogens with zero attached hydrogens (tertiary/aromatic N) is 1. The van der Waals surface area contributed by atoms with E-state index in [9.17, 15) is 14.7 Å². The largest absolute Gasteiger partial charge is 0.478 e. The van der Waals surface area contributed by atoms with Gasteiger partial charge < -0.3 is 20.1 Å². The number of anilines is 1. The van der Waals surface area contributed by atoms with E-state index in [1.54, 1.807) is 17.0 Å². The molecule has 1 aliphatic rings. The predicted molar refractivity (Wildman–Crippen MR) is 81.7 cm³/mol. The van der Waals surface area contributed by atoms with Gasteiger partial charge in [-0.05, 0) is 34.5 Å². The lowest BCUT2D eigenvalue weighted by atomic mass is 10.1. The van der Waals surface area contributed by atoms with Crippen molar-refractivity contribution in [2.24, 2.45) is 0 Å². The van der Waals surface area contributed by atoms with Gasteiger partial charge in [0.05, 0.1) is 30.5 Å². The minimum Gasteiger partial charge on any atom is -0.478 e. The molecule has 0 aliphatic carbocycles. The molecule has 1 unspecified atom stereocenters. The van der Waals surface area contributed by atoms with E-state index < -0.39 is 5.97 Å². The molecule has 1 fully saturated rings. The molecule has 7 heteroatoms. The molecule has 0 aromatic heterocycles. The third kappa shape index (κ3) is 3.54. The summed E-state index contributed by atoms with van der Waals surface area (Å²) in [4.78, 5) is 25.3. The molecule has 1 aromatic rings. The Morgan fingerprint density at radius 1 is 1.52 bits per heavy atom. The fraction of sp³-hybridized carbons (Fsp3) is 0.429. The molecular weight excluding hydrogens is 340 g/mol. The highest BCUT2D eigenvalue weighted by molar-refractivity contribution is 9.10. The summed E-state index contributed by atoms with van der Waals surface area (Å²) in [7, 11) is 0. The van der Waals surface area contributed by atoms with Crippen LogP contribution in [0, 0.1) is 0 Å². The quantitative estimate of drug-likeness (QED) is 0.872. The van der Waals surface area contributed by atoms with Crippen LogP contribution in [0.4, 0.5) is 10.5 Å². The van der Waals surface area contributed by atoms with Gasteiger partial charge in [0, 0.05) is 11.0 Å². The van der Waals surface area contributed by atoms with Crippen LogP contribution >= 0.6 is 15.9 Å². The second kappa shape index (κ2) is 6.91. The molecule has 2 rings (SSSR count). The van der Waals surface area contributed by atoms with Crippen molar-refractivity contribution >= 4 is 33.6 Å². The minimum atomic E-state index is -1.08. The van der Waals surface area contributed by atoms with Crippen LogP contribution in [0.5, 0.6) is 0 Å². The van der Waals surface area contributed by atoms with Crippen LogP contribution in [0.3, 0.4) is 0 Å². The highest BCUT2D eigenvalue weighted by atomic mass is 79.9. The van der Waals surface area contributed by atoms with E-state index in [4.69, 9.17) is 4.74 Å². The van der Waals surface area contributed by atoms with E-state index in [0.29, 0.717) is 24.2 Å².